The molecule has 2 aromatic carbocycles. The van der Waals surface area contributed by atoms with E-state index in [0.29, 0.717) is 42.0 Å². The van der Waals surface area contributed by atoms with E-state index in [0.717, 1.165) is 16.5 Å². The molecule has 0 bridgehead atoms. The van der Waals surface area contributed by atoms with Crippen LogP contribution in [0.5, 0.6) is 5.75 Å². The van der Waals surface area contributed by atoms with E-state index in [1.807, 2.05) is 63.2 Å². The van der Waals surface area contributed by atoms with Crippen molar-refractivity contribution in [2.24, 2.45) is 0 Å². The van der Waals surface area contributed by atoms with Gasteiger partial charge in [0.15, 0.2) is 8.32 Å². The van der Waals surface area contributed by atoms with Crippen LogP contribution in [0.2, 0.25) is 18.1 Å². The van der Waals surface area contributed by atoms with Crippen molar-refractivity contribution in [1.29, 1.82) is 0 Å². The molecule has 11 heteroatoms. The Labute approximate surface area is 263 Å². The Kier molecular flexibility index (Phi) is 10.1. The fourth-order valence-electron chi connectivity index (χ4n) is 5.02. The van der Waals surface area contributed by atoms with Gasteiger partial charge >= 0.3 is 13.7 Å². The van der Waals surface area contributed by atoms with Crippen molar-refractivity contribution >= 4 is 44.0 Å². The molecule has 44 heavy (non-hydrogen) atoms. The Bertz CT molecular complexity index is 1500. The average molecular weight is 645 g/mol. The molecule has 0 saturated carbocycles. The molecule has 0 unspecified atom stereocenters. The first-order valence-corrected chi connectivity index (χ1v) is 19.9. The summed E-state index contributed by atoms with van der Waals surface area (Å²) in [5, 5.41) is 0.759. The van der Waals surface area contributed by atoms with Crippen molar-refractivity contribution in [2.45, 2.75) is 98.3 Å². The summed E-state index contributed by atoms with van der Waals surface area (Å²) in [4.78, 5) is 18.8. The van der Waals surface area contributed by atoms with Crippen molar-refractivity contribution in [3.63, 3.8) is 0 Å². The van der Waals surface area contributed by atoms with Crippen molar-refractivity contribution in [3.8, 4) is 5.75 Å². The predicted molar refractivity (Wildman–Crippen MR) is 179 cm³/mol. The van der Waals surface area contributed by atoms with Crippen LogP contribution in [0.3, 0.4) is 0 Å². The van der Waals surface area contributed by atoms with Gasteiger partial charge in [-0.15, -0.1) is 0 Å². The number of carbonyl (C=O) groups excluding carboxylic acids is 1. The zero-order valence-corrected chi connectivity index (χ0v) is 29.8. The first-order chi connectivity index (χ1) is 20.5. The van der Waals surface area contributed by atoms with Gasteiger partial charge in [0, 0.05) is 17.9 Å². The van der Waals surface area contributed by atoms with E-state index in [4.69, 9.17) is 22.9 Å². The molecule has 1 atom stereocenters. The Balaban J connectivity index is 1.91. The van der Waals surface area contributed by atoms with Gasteiger partial charge in [0.2, 0.25) is 0 Å². The van der Waals surface area contributed by atoms with Crippen LogP contribution >= 0.6 is 7.60 Å². The lowest BCUT2D eigenvalue weighted by Gasteiger charge is -2.43. The number of nitrogens with one attached hydrogen (secondary N) is 1. The lowest BCUT2D eigenvalue weighted by molar-refractivity contribution is 0.0552. The maximum Gasteiger partial charge on any atom is 0.414 e. The fraction of sp³-hybridized carbons (Fsp3) is 0.545. The van der Waals surface area contributed by atoms with Crippen molar-refractivity contribution in [2.75, 3.05) is 24.7 Å². The van der Waals surface area contributed by atoms with Crippen LogP contribution < -0.4 is 15.1 Å². The van der Waals surface area contributed by atoms with Gasteiger partial charge in [-0.05, 0) is 69.9 Å². The smallest absolute Gasteiger partial charge is 0.414 e. The summed E-state index contributed by atoms with van der Waals surface area (Å²) in [5.74, 6) is 0.519. The molecule has 0 spiro atoms. The molecule has 1 amide bonds. The zero-order chi connectivity index (χ0) is 32.5. The van der Waals surface area contributed by atoms with Crippen LogP contribution in [-0.2, 0) is 35.8 Å². The Hall–Kier alpha value is -2.62. The number of hydrogen-bond donors (Lipinski definition) is 1. The third-order valence-corrected chi connectivity index (χ3v) is 14.6. The molecule has 1 aliphatic heterocycles. The van der Waals surface area contributed by atoms with Crippen molar-refractivity contribution in [1.82, 2.24) is 4.98 Å². The molecule has 9 nitrogen and oxygen atoms in total. The highest BCUT2D eigenvalue weighted by molar-refractivity contribution is 7.62. The summed E-state index contributed by atoms with van der Waals surface area (Å²) in [6.45, 7) is 21.3. The maximum absolute atomic E-state index is 13.9. The van der Waals surface area contributed by atoms with Gasteiger partial charge in [0.1, 0.15) is 23.4 Å². The van der Waals surface area contributed by atoms with Gasteiger partial charge in [-0.1, -0.05) is 51.1 Å². The number of rotatable bonds is 10. The number of hydrogen-bond acceptors (Lipinski definition) is 7. The first-order valence-electron chi connectivity index (χ1n) is 15.4. The second-order valence-electron chi connectivity index (χ2n) is 13.7. The monoisotopic (exact) mass is 644 g/mol. The van der Waals surface area contributed by atoms with Crippen molar-refractivity contribution < 1.29 is 32.3 Å². The molecule has 0 saturated heterocycles. The Morgan fingerprint density at radius 3 is 2.23 bits per heavy atom. The van der Waals surface area contributed by atoms with E-state index < -0.39 is 27.6 Å². The Morgan fingerprint density at radius 2 is 1.66 bits per heavy atom. The number of anilines is 1. The number of benzene rings is 2. The molecule has 242 valence electrons. The van der Waals surface area contributed by atoms with E-state index >= 15 is 0 Å². The molecule has 0 radical (unpaired) electrons. The fourth-order valence-corrected chi connectivity index (χ4v) is 7.93. The molecule has 1 aromatic heterocycles. The summed E-state index contributed by atoms with van der Waals surface area (Å²) < 4.78 is 44.5. The van der Waals surface area contributed by atoms with Gasteiger partial charge in [0.25, 0.3) is 0 Å². The van der Waals surface area contributed by atoms with E-state index in [1.54, 1.807) is 18.7 Å². The SMILES string of the molecule is CCOP(=O)(OCC)c1cc2c3c(cc(OCc4ccccc4)c2[nH]1)N(C(=O)OC(C)(C)C)C[C@@H](O[Si](C)(C)C(C)(C)C)C3. The molecule has 0 aliphatic carbocycles. The summed E-state index contributed by atoms with van der Waals surface area (Å²) >= 11 is 0. The summed E-state index contributed by atoms with van der Waals surface area (Å²) in [6.07, 6.45) is -0.165. The van der Waals surface area contributed by atoms with Crippen LogP contribution in [0, 0.1) is 0 Å². The molecule has 2 heterocycles. The van der Waals surface area contributed by atoms with Gasteiger partial charge in [0.05, 0.1) is 37.1 Å². The van der Waals surface area contributed by atoms with Crippen LogP contribution in [-0.4, -0.2) is 50.9 Å². The first kappa shape index (κ1) is 34.3. The van der Waals surface area contributed by atoms with Crippen LogP contribution in [0.1, 0.15) is 66.5 Å². The third-order valence-electron chi connectivity index (χ3n) is 8.07. The number of carbonyl (C=O) groups is 1. The van der Waals surface area contributed by atoms with E-state index in [-0.39, 0.29) is 24.4 Å². The molecule has 1 N–H and O–H groups in total. The zero-order valence-electron chi connectivity index (χ0n) is 27.9. The largest absolute Gasteiger partial charge is 0.487 e. The second-order valence-corrected chi connectivity index (χ2v) is 20.5. The number of nitrogens with zero attached hydrogens (tertiary/aromatic N) is 1. The molecule has 1 aliphatic rings. The lowest BCUT2D eigenvalue weighted by atomic mass is 9.96. The minimum atomic E-state index is -3.65. The van der Waals surface area contributed by atoms with E-state index in [9.17, 15) is 9.36 Å². The normalized spacial score (nSPS) is 16.2. The van der Waals surface area contributed by atoms with Gasteiger partial charge in [-0.3, -0.25) is 9.46 Å². The van der Waals surface area contributed by atoms with E-state index in [2.05, 4.69) is 38.8 Å². The number of ether oxygens (including phenoxy) is 2. The number of aromatic amines is 1. The molecular formula is C33H49N2O7PSi. The van der Waals surface area contributed by atoms with Crippen LogP contribution in [0.15, 0.2) is 42.5 Å². The summed E-state index contributed by atoms with van der Waals surface area (Å²) in [6, 6.07) is 13.5. The van der Waals surface area contributed by atoms with E-state index in [1.165, 1.54) is 0 Å². The highest BCUT2D eigenvalue weighted by Gasteiger charge is 2.43. The van der Waals surface area contributed by atoms with Gasteiger partial charge in [-0.25, -0.2) is 4.79 Å². The number of aromatic nitrogens is 1. The molecule has 4 rings (SSSR count). The van der Waals surface area contributed by atoms with Crippen LogP contribution in [0.4, 0.5) is 10.5 Å². The van der Waals surface area contributed by atoms with Gasteiger partial charge in [-0.2, -0.15) is 0 Å². The molecule has 0 fully saturated rings. The average Bonchev–Trinajstić information content (AvgIpc) is 3.38. The molecular weight excluding hydrogens is 595 g/mol. The minimum Gasteiger partial charge on any atom is -0.487 e. The number of H-pyrrole nitrogens is 1. The quantitative estimate of drug-likeness (QED) is 0.175. The van der Waals surface area contributed by atoms with Crippen LogP contribution in [0.25, 0.3) is 10.9 Å². The second kappa shape index (κ2) is 13.0. The predicted octanol–water partition coefficient (Wildman–Crippen LogP) is 8.33. The Morgan fingerprint density at radius 1 is 1.02 bits per heavy atom. The standard InChI is InChI=1S/C33H49N2O7PSi/c1-11-39-43(37,40-12-2)29-19-26-25-18-24(42-44(9,10)33(6,7)8)21-35(31(36)41-32(3,4)5)27(25)20-28(30(26)34-29)38-22-23-16-14-13-15-17-23/h13-17,19-20,24,34H,11-12,18,21-22H2,1-10H3/t24-/m0/s1. The highest BCUT2D eigenvalue weighted by Crippen LogP contribution is 2.49. The number of amides is 1. The summed E-state index contributed by atoms with van der Waals surface area (Å²) in [5.41, 5.74) is 2.86. The maximum atomic E-state index is 13.9. The highest BCUT2D eigenvalue weighted by atomic mass is 31.2. The lowest BCUT2D eigenvalue weighted by Crippen LogP contribution is -2.51. The minimum absolute atomic E-state index is 0.0165. The summed E-state index contributed by atoms with van der Waals surface area (Å²) in [7, 11) is -5.85. The third kappa shape index (κ3) is 7.60. The molecule has 3 aromatic rings. The van der Waals surface area contributed by atoms with Gasteiger partial charge < -0.3 is 27.9 Å². The van der Waals surface area contributed by atoms with Crippen molar-refractivity contribution in [3.05, 3.63) is 53.6 Å². The number of fused-ring (bicyclic) bond motifs is 3. The topological polar surface area (TPSA) is 99.3 Å².